The lowest BCUT2D eigenvalue weighted by atomic mass is 9.87. The molecule has 0 aromatic heterocycles. The second kappa shape index (κ2) is 8.72. The van der Waals surface area contributed by atoms with E-state index < -0.39 is 0 Å². The standard InChI is InChI=1S/C16H26BrNO/c1-12(2)9-18-10-16(13(3)11-19-4)14-5-7-15(17)8-6-14/h5-8,12-13,16,18H,9-11H2,1-4H3. The molecule has 1 aromatic carbocycles. The van der Waals surface area contributed by atoms with Gasteiger partial charge in [0, 0.05) is 30.7 Å². The highest BCUT2D eigenvalue weighted by Gasteiger charge is 2.19. The highest BCUT2D eigenvalue weighted by Crippen LogP contribution is 2.25. The molecule has 0 heterocycles. The van der Waals surface area contributed by atoms with Crippen LogP contribution in [0.4, 0.5) is 0 Å². The lowest BCUT2D eigenvalue weighted by Gasteiger charge is -2.25. The Labute approximate surface area is 126 Å². The van der Waals surface area contributed by atoms with Crippen LogP contribution >= 0.6 is 15.9 Å². The second-order valence-electron chi connectivity index (χ2n) is 5.64. The van der Waals surface area contributed by atoms with Crippen molar-refractivity contribution in [1.82, 2.24) is 5.32 Å². The zero-order chi connectivity index (χ0) is 14.3. The molecule has 19 heavy (non-hydrogen) atoms. The predicted molar refractivity (Wildman–Crippen MR) is 85.6 cm³/mol. The Morgan fingerprint density at radius 1 is 1.11 bits per heavy atom. The largest absolute Gasteiger partial charge is 0.384 e. The van der Waals surface area contributed by atoms with Gasteiger partial charge in [-0.2, -0.15) is 0 Å². The Bertz CT molecular complexity index is 350. The normalized spacial score (nSPS) is 14.6. The van der Waals surface area contributed by atoms with Crippen LogP contribution in [0.5, 0.6) is 0 Å². The van der Waals surface area contributed by atoms with E-state index >= 15 is 0 Å². The summed E-state index contributed by atoms with van der Waals surface area (Å²) in [5, 5.41) is 3.57. The molecule has 108 valence electrons. The van der Waals surface area contributed by atoms with Gasteiger partial charge in [0.05, 0.1) is 0 Å². The van der Waals surface area contributed by atoms with Crippen molar-refractivity contribution in [3.63, 3.8) is 0 Å². The molecule has 0 fully saturated rings. The maximum Gasteiger partial charge on any atom is 0.0494 e. The summed E-state index contributed by atoms with van der Waals surface area (Å²) in [5.41, 5.74) is 1.38. The number of hydrogen-bond acceptors (Lipinski definition) is 2. The molecule has 0 aliphatic carbocycles. The molecule has 1 N–H and O–H groups in total. The van der Waals surface area contributed by atoms with Gasteiger partial charge in [-0.1, -0.05) is 48.8 Å². The van der Waals surface area contributed by atoms with Gasteiger partial charge in [-0.05, 0) is 36.1 Å². The van der Waals surface area contributed by atoms with Gasteiger partial charge >= 0.3 is 0 Å². The molecule has 0 spiro atoms. The van der Waals surface area contributed by atoms with Gasteiger partial charge in [-0.25, -0.2) is 0 Å². The summed E-state index contributed by atoms with van der Waals surface area (Å²) in [6.45, 7) is 9.59. The number of nitrogens with one attached hydrogen (secondary N) is 1. The van der Waals surface area contributed by atoms with E-state index in [1.165, 1.54) is 5.56 Å². The summed E-state index contributed by atoms with van der Waals surface area (Å²) in [6, 6.07) is 8.64. The molecular weight excluding hydrogens is 302 g/mol. The number of benzene rings is 1. The molecule has 0 radical (unpaired) electrons. The van der Waals surface area contributed by atoms with Gasteiger partial charge in [-0.3, -0.25) is 0 Å². The van der Waals surface area contributed by atoms with Gasteiger partial charge < -0.3 is 10.1 Å². The van der Waals surface area contributed by atoms with Crippen molar-refractivity contribution >= 4 is 15.9 Å². The molecule has 0 amide bonds. The minimum absolute atomic E-state index is 0.492. The molecular formula is C16H26BrNO. The second-order valence-corrected chi connectivity index (χ2v) is 6.56. The van der Waals surface area contributed by atoms with Crippen molar-refractivity contribution in [2.24, 2.45) is 11.8 Å². The van der Waals surface area contributed by atoms with Gasteiger partial charge in [0.15, 0.2) is 0 Å². The Morgan fingerprint density at radius 3 is 2.26 bits per heavy atom. The zero-order valence-electron chi connectivity index (χ0n) is 12.4. The fourth-order valence-corrected chi connectivity index (χ4v) is 2.53. The molecule has 2 nitrogen and oxygen atoms in total. The van der Waals surface area contributed by atoms with E-state index in [-0.39, 0.29) is 0 Å². The molecule has 0 aliphatic heterocycles. The third-order valence-electron chi connectivity index (χ3n) is 3.33. The summed E-state index contributed by atoms with van der Waals surface area (Å²) in [5.74, 6) is 1.68. The molecule has 0 saturated heterocycles. The maximum atomic E-state index is 5.32. The highest BCUT2D eigenvalue weighted by atomic mass is 79.9. The van der Waals surface area contributed by atoms with E-state index in [1.54, 1.807) is 7.11 Å². The SMILES string of the molecule is COCC(C)C(CNCC(C)C)c1ccc(Br)cc1. The highest BCUT2D eigenvalue weighted by molar-refractivity contribution is 9.10. The number of halogens is 1. The lowest BCUT2D eigenvalue weighted by molar-refractivity contribution is 0.145. The molecule has 2 atom stereocenters. The number of rotatable bonds is 8. The van der Waals surface area contributed by atoms with E-state index in [9.17, 15) is 0 Å². The van der Waals surface area contributed by atoms with Crippen molar-refractivity contribution in [1.29, 1.82) is 0 Å². The van der Waals surface area contributed by atoms with Crippen molar-refractivity contribution in [2.75, 3.05) is 26.8 Å². The monoisotopic (exact) mass is 327 g/mol. The van der Waals surface area contributed by atoms with E-state index in [0.717, 1.165) is 24.2 Å². The van der Waals surface area contributed by atoms with Gasteiger partial charge in [0.25, 0.3) is 0 Å². The Kier molecular flexibility index (Phi) is 7.66. The molecule has 2 unspecified atom stereocenters. The molecule has 0 bridgehead atoms. The fraction of sp³-hybridized carbons (Fsp3) is 0.625. The van der Waals surface area contributed by atoms with E-state index in [0.29, 0.717) is 17.8 Å². The summed E-state index contributed by atoms with van der Waals surface area (Å²) in [7, 11) is 1.77. The van der Waals surface area contributed by atoms with Crippen LogP contribution in [0.1, 0.15) is 32.3 Å². The van der Waals surface area contributed by atoms with Crippen molar-refractivity contribution in [3.8, 4) is 0 Å². The van der Waals surface area contributed by atoms with E-state index in [1.807, 2.05) is 0 Å². The molecule has 3 heteroatoms. The molecule has 1 aromatic rings. The Hall–Kier alpha value is -0.380. The Morgan fingerprint density at radius 2 is 1.74 bits per heavy atom. The fourth-order valence-electron chi connectivity index (χ4n) is 2.26. The van der Waals surface area contributed by atoms with Crippen LogP contribution < -0.4 is 5.32 Å². The van der Waals surface area contributed by atoms with Crippen molar-refractivity contribution < 1.29 is 4.74 Å². The van der Waals surface area contributed by atoms with Crippen LogP contribution in [0.3, 0.4) is 0 Å². The average molecular weight is 328 g/mol. The van der Waals surface area contributed by atoms with Crippen LogP contribution in [-0.2, 0) is 4.74 Å². The number of hydrogen-bond donors (Lipinski definition) is 1. The first-order valence-corrected chi connectivity index (χ1v) is 7.79. The van der Waals surface area contributed by atoms with Gasteiger partial charge in [0.2, 0.25) is 0 Å². The molecule has 0 aliphatic rings. The summed E-state index contributed by atoms with van der Waals surface area (Å²) >= 11 is 3.49. The van der Waals surface area contributed by atoms with Crippen LogP contribution in [0.15, 0.2) is 28.7 Å². The van der Waals surface area contributed by atoms with Crippen LogP contribution in [0.25, 0.3) is 0 Å². The van der Waals surface area contributed by atoms with Crippen LogP contribution in [0.2, 0.25) is 0 Å². The Balaban J connectivity index is 2.70. The predicted octanol–water partition coefficient (Wildman–Crippen LogP) is 4.06. The molecule has 1 rings (SSSR count). The minimum Gasteiger partial charge on any atom is -0.384 e. The van der Waals surface area contributed by atoms with Crippen LogP contribution in [-0.4, -0.2) is 26.8 Å². The summed E-state index contributed by atoms with van der Waals surface area (Å²) < 4.78 is 6.45. The quantitative estimate of drug-likeness (QED) is 0.777. The smallest absolute Gasteiger partial charge is 0.0494 e. The summed E-state index contributed by atoms with van der Waals surface area (Å²) in [6.07, 6.45) is 0. The third kappa shape index (κ3) is 6.07. The van der Waals surface area contributed by atoms with E-state index in [4.69, 9.17) is 4.74 Å². The van der Waals surface area contributed by atoms with Gasteiger partial charge in [0.1, 0.15) is 0 Å². The minimum atomic E-state index is 0.492. The number of methoxy groups -OCH3 is 1. The molecule has 0 saturated carbocycles. The average Bonchev–Trinajstić information content (AvgIpc) is 2.36. The first-order valence-electron chi connectivity index (χ1n) is 6.99. The van der Waals surface area contributed by atoms with Gasteiger partial charge in [-0.15, -0.1) is 0 Å². The van der Waals surface area contributed by atoms with Crippen LogP contribution in [0, 0.1) is 11.8 Å². The summed E-state index contributed by atoms with van der Waals surface area (Å²) in [4.78, 5) is 0. The number of ether oxygens (including phenoxy) is 1. The first-order chi connectivity index (χ1) is 9.04. The van der Waals surface area contributed by atoms with E-state index in [2.05, 4.69) is 66.3 Å². The first kappa shape index (κ1) is 16.7. The zero-order valence-corrected chi connectivity index (χ0v) is 14.0. The van der Waals surface area contributed by atoms with Crippen molar-refractivity contribution in [2.45, 2.75) is 26.7 Å². The third-order valence-corrected chi connectivity index (χ3v) is 3.86. The van der Waals surface area contributed by atoms with Crippen molar-refractivity contribution in [3.05, 3.63) is 34.3 Å². The lowest BCUT2D eigenvalue weighted by Crippen LogP contribution is -2.30. The maximum absolute atomic E-state index is 5.32. The topological polar surface area (TPSA) is 21.3 Å².